The highest BCUT2D eigenvalue weighted by molar-refractivity contribution is 5.94. The van der Waals surface area contributed by atoms with Crippen LogP contribution in [0.25, 0.3) is 0 Å². The molecule has 1 rings (SSSR count). The fourth-order valence-corrected chi connectivity index (χ4v) is 1.50. The molecule has 0 spiro atoms. The first-order valence-electron chi connectivity index (χ1n) is 5.60. The lowest BCUT2D eigenvalue weighted by atomic mass is 10.2. The van der Waals surface area contributed by atoms with Crippen LogP contribution in [-0.4, -0.2) is 51.2 Å². The van der Waals surface area contributed by atoms with Crippen LogP contribution in [0.1, 0.15) is 23.7 Å². The summed E-state index contributed by atoms with van der Waals surface area (Å²) < 4.78 is 0. The van der Waals surface area contributed by atoms with Gasteiger partial charge in [-0.1, -0.05) is 0 Å². The van der Waals surface area contributed by atoms with Crippen molar-refractivity contribution in [3.05, 3.63) is 30.1 Å². The molecule has 0 aromatic carbocycles. The number of aliphatic hydroxyl groups is 1. The summed E-state index contributed by atoms with van der Waals surface area (Å²) in [5.41, 5.74) is 0.427. The molecule has 0 aliphatic carbocycles. The van der Waals surface area contributed by atoms with Gasteiger partial charge in [0, 0.05) is 31.0 Å². The third-order valence-corrected chi connectivity index (χ3v) is 2.29. The van der Waals surface area contributed by atoms with Gasteiger partial charge in [-0.25, -0.2) is 0 Å². The Balaban J connectivity index is 2.75. The topological polar surface area (TPSA) is 90.7 Å². The van der Waals surface area contributed by atoms with Crippen molar-refractivity contribution in [1.82, 2.24) is 9.88 Å². The maximum absolute atomic E-state index is 12.1. The number of hydrogen-bond acceptors (Lipinski definition) is 4. The van der Waals surface area contributed by atoms with Gasteiger partial charge in [0.15, 0.2) is 0 Å². The van der Waals surface area contributed by atoms with E-state index in [2.05, 4.69) is 4.98 Å². The number of aliphatic hydroxyl groups excluding tert-OH is 1. The molecular formula is C12H16N2O4. The molecule has 0 saturated carbocycles. The summed E-state index contributed by atoms with van der Waals surface area (Å²) in [6, 6.07) is 3.11. The average Bonchev–Trinajstić information content (AvgIpc) is 2.34. The van der Waals surface area contributed by atoms with Crippen LogP contribution in [0.3, 0.4) is 0 Å². The molecule has 0 saturated heterocycles. The molecule has 6 nitrogen and oxygen atoms in total. The Hall–Kier alpha value is -1.95. The summed E-state index contributed by atoms with van der Waals surface area (Å²) in [5.74, 6) is -1.28. The summed E-state index contributed by atoms with van der Waals surface area (Å²) in [5, 5.41) is 18.0. The van der Waals surface area contributed by atoms with E-state index in [4.69, 9.17) is 5.11 Å². The smallest absolute Gasteiger partial charge is 0.305 e. The molecule has 1 aromatic rings. The number of carboxylic acids is 1. The summed E-state index contributed by atoms with van der Waals surface area (Å²) in [4.78, 5) is 27.8. The van der Waals surface area contributed by atoms with E-state index in [0.717, 1.165) is 0 Å². The molecule has 0 radical (unpaired) electrons. The van der Waals surface area contributed by atoms with Crippen molar-refractivity contribution in [1.29, 1.82) is 0 Å². The highest BCUT2D eigenvalue weighted by Crippen LogP contribution is 2.05. The highest BCUT2D eigenvalue weighted by atomic mass is 16.4. The molecule has 98 valence electrons. The van der Waals surface area contributed by atoms with Crippen molar-refractivity contribution >= 4 is 11.9 Å². The van der Waals surface area contributed by atoms with Gasteiger partial charge in [0.1, 0.15) is 0 Å². The van der Waals surface area contributed by atoms with Gasteiger partial charge in [-0.3, -0.25) is 14.6 Å². The van der Waals surface area contributed by atoms with E-state index in [1.54, 1.807) is 19.1 Å². The monoisotopic (exact) mass is 252 g/mol. The lowest BCUT2D eigenvalue weighted by molar-refractivity contribution is -0.137. The third kappa shape index (κ3) is 4.50. The molecule has 0 bridgehead atoms. The number of nitrogens with zero attached hydrogens (tertiary/aromatic N) is 2. The van der Waals surface area contributed by atoms with Gasteiger partial charge in [-0.2, -0.15) is 0 Å². The zero-order valence-electron chi connectivity index (χ0n) is 10.1. The molecule has 1 atom stereocenters. The van der Waals surface area contributed by atoms with Crippen LogP contribution < -0.4 is 0 Å². The van der Waals surface area contributed by atoms with E-state index in [9.17, 15) is 14.7 Å². The second-order valence-electron chi connectivity index (χ2n) is 3.98. The standard InChI is InChI=1S/C12H16N2O4/c1-9(15)8-14(7-4-11(16)17)12(18)10-2-5-13-6-3-10/h2-3,5-6,9,15H,4,7-8H2,1H3,(H,16,17). The minimum Gasteiger partial charge on any atom is -0.481 e. The summed E-state index contributed by atoms with van der Waals surface area (Å²) in [6.45, 7) is 1.73. The summed E-state index contributed by atoms with van der Waals surface area (Å²) >= 11 is 0. The van der Waals surface area contributed by atoms with Crippen LogP contribution >= 0.6 is 0 Å². The van der Waals surface area contributed by atoms with Crippen LogP contribution in [-0.2, 0) is 4.79 Å². The number of carbonyl (C=O) groups is 2. The zero-order valence-corrected chi connectivity index (χ0v) is 10.1. The Morgan fingerprint density at radius 2 is 2.00 bits per heavy atom. The molecule has 1 heterocycles. The highest BCUT2D eigenvalue weighted by Gasteiger charge is 2.18. The number of rotatable bonds is 6. The molecule has 1 aromatic heterocycles. The van der Waals surface area contributed by atoms with Gasteiger partial charge in [0.05, 0.1) is 12.5 Å². The van der Waals surface area contributed by atoms with Crippen molar-refractivity contribution in [3.8, 4) is 0 Å². The average molecular weight is 252 g/mol. The van der Waals surface area contributed by atoms with Crippen LogP contribution in [0, 0.1) is 0 Å². The normalized spacial score (nSPS) is 11.9. The van der Waals surface area contributed by atoms with Gasteiger partial charge in [0.2, 0.25) is 0 Å². The number of aromatic nitrogens is 1. The SMILES string of the molecule is CC(O)CN(CCC(=O)O)C(=O)c1ccncc1. The van der Waals surface area contributed by atoms with Crippen molar-refractivity contribution < 1.29 is 19.8 Å². The Kier molecular flexibility index (Phi) is 5.26. The Bertz CT molecular complexity index is 406. The van der Waals surface area contributed by atoms with E-state index < -0.39 is 12.1 Å². The van der Waals surface area contributed by atoms with Gasteiger partial charge >= 0.3 is 5.97 Å². The van der Waals surface area contributed by atoms with Crippen molar-refractivity contribution in [2.75, 3.05) is 13.1 Å². The Morgan fingerprint density at radius 3 is 2.50 bits per heavy atom. The lowest BCUT2D eigenvalue weighted by Gasteiger charge is -2.23. The molecule has 1 unspecified atom stereocenters. The van der Waals surface area contributed by atoms with Crippen molar-refractivity contribution in [3.63, 3.8) is 0 Å². The fraction of sp³-hybridized carbons (Fsp3) is 0.417. The Labute approximate surface area is 105 Å². The van der Waals surface area contributed by atoms with Gasteiger partial charge in [-0.15, -0.1) is 0 Å². The lowest BCUT2D eigenvalue weighted by Crippen LogP contribution is -2.38. The zero-order chi connectivity index (χ0) is 13.5. The molecule has 2 N–H and O–H groups in total. The molecule has 0 aliphatic heterocycles. The number of aliphatic carboxylic acids is 1. The number of pyridine rings is 1. The first-order chi connectivity index (χ1) is 8.50. The number of amides is 1. The van der Waals surface area contributed by atoms with E-state index in [-0.39, 0.29) is 25.4 Å². The predicted molar refractivity (Wildman–Crippen MR) is 64.1 cm³/mol. The summed E-state index contributed by atoms with van der Waals surface area (Å²) in [7, 11) is 0. The first kappa shape index (κ1) is 14.1. The fourth-order valence-electron chi connectivity index (χ4n) is 1.50. The maximum atomic E-state index is 12.1. The largest absolute Gasteiger partial charge is 0.481 e. The van der Waals surface area contributed by atoms with Crippen LogP contribution in [0.2, 0.25) is 0 Å². The predicted octanol–water partition coefficient (Wildman–Crippen LogP) is 0.379. The van der Waals surface area contributed by atoms with E-state index >= 15 is 0 Å². The number of carboxylic acid groups (broad SMARTS) is 1. The molecule has 0 aliphatic rings. The van der Waals surface area contributed by atoms with Crippen LogP contribution in [0.4, 0.5) is 0 Å². The second kappa shape index (κ2) is 6.70. The van der Waals surface area contributed by atoms with Crippen LogP contribution in [0.5, 0.6) is 0 Å². The van der Waals surface area contributed by atoms with Gasteiger partial charge < -0.3 is 15.1 Å². The second-order valence-corrected chi connectivity index (χ2v) is 3.98. The van der Waals surface area contributed by atoms with Crippen molar-refractivity contribution in [2.24, 2.45) is 0 Å². The molecule has 1 amide bonds. The minimum atomic E-state index is -0.979. The van der Waals surface area contributed by atoms with Gasteiger partial charge in [0.25, 0.3) is 5.91 Å². The molecular weight excluding hydrogens is 236 g/mol. The summed E-state index contributed by atoms with van der Waals surface area (Å²) in [6.07, 6.45) is 2.13. The quantitative estimate of drug-likeness (QED) is 0.763. The van der Waals surface area contributed by atoms with Crippen molar-refractivity contribution in [2.45, 2.75) is 19.4 Å². The van der Waals surface area contributed by atoms with E-state index in [0.29, 0.717) is 5.56 Å². The molecule has 6 heteroatoms. The number of hydrogen-bond donors (Lipinski definition) is 2. The maximum Gasteiger partial charge on any atom is 0.305 e. The van der Waals surface area contributed by atoms with E-state index in [1.165, 1.54) is 17.3 Å². The van der Waals surface area contributed by atoms with Gasteiger partial charge in [-0.05, 0) is 19.1 Å². The molecule has 18 heavy (non-hydrogen) atoms. The molecule has 0 fully saturated rings. The van der Waals surface area contributed by atoms with Crippen LogP contribution in [0.15, 0.2) is 24.5 Å². The third-order valence-electron chi connectivity index (χ3n) is 2.29. The number of carbonyl (C=O) groups excluding carboxylic acids is 1. The minimum absolute atomic E-state index is 0.0708. The Morgan fingerprint density at radius 1 is 1.39 bits per heavy atom. The first-order valence-corrected chi connectivity index (χ1v) is 5.60. The van der Waals surface area contributed by atoms with E-state index in [1.807, 2.05) is 0 Å².